The Kier molecular flexibility index (Phi) is 2.15. The van der Waals surface area contributed by atoms with Crippen LogP contribution < -0.4 is 5.73 Å². The molecular weight excluding hydrogens is 170 g/mol. The van der Waals surface area contributed by atoms with Gasteiger partial charge < -0.3 is 5.73 Å². The smallest absolute Gasteiger partial charge is 0.0104 e. The maximum absolute atomic E-state index is 5.88. The van der Waals surface area contributed by atoms with Crippen molar-refractivity contribution in [1.29, 1.82) is 0 Å². The molecule has 2 unspecified atom stereocenters. The van der Waals surface area contributed by atoms with Crippen LogP contribution in [-0.2, 0) is 5.41 Å². The van der Waals surface area contributed by atoms with Gasteiger partial charge in [0.25, 0.3) is 0 Å². The number of rotatable bonds is 2. The van der Waals surface area contributed by atoms with Crippen molar-refractivity contribution in [1.82, 2.24) is 0 Å². The number of hydrogen-bond acceptors (Lipinski definition) is 1. The van der Waals surface area contributed by atoms with Gasteiger partial charge >= 0.3 is 0 Å². The van der Waals surface area contributed by atoms with Gasteiger partial charge in [-0.25, -0.2) is 0 Å². The van der Waals surface area contributed by atoms with Crippen molar-refractivity contribution in [2.45, 2.75) is 32.6 Å². The number of hydrogen-bond donors (Lipinski definition) is 1. The fraction of sp³-hybridized carbons (Fsp3) is 0.538. The molecule has 1 saturated carbocycles. The molecule has 76 valence electrons. The van der Waals surface area contributed by atoms with E-state index in [1.165, 1.54) is 23.1 Å². The first-order chi connectivity index (χ1) is 6.60. The molecule has 1 nitrogen and oxygen atoms in total. The van der Waals surface area contributed by atoms with Crippen LogP contribution >= 0.6 is 0 Å². The van der Waals surface area contributed by atoms with E-state index in [0.29, 0.717) is 5.41 Å². The summed E-state index contributed by atoms with van der Waals surface area (Å²) in [4.78, 5) is 0. The fourth-order valence-corrected chi connectivity index (χ4v) is 2.34. The van der Waals surface area contributed by atoms with Crippen molar-refractivity contribution in [3.63, 3.8) is 0 Å². The van der Waals surface area contributed by atoms with E-state index in [1.54, 1.807) is 0 Å². The van der Waals surface area contributed by atoms with Crippen molar-refractivity contribution in [2.24, 2.45) is 11.7 Å². The zero-order valence-corrected chi connectivity index (χ0v) is 9.30. The SMILES string of the molecule is Cc1ccc(C2(CN)CC2C)cc1C. The van der Waals surface area contributed by atoms with Gasteiger partial charge in [-0.1, -0.05) is 25.1 Å². The van der Waals surface area contributed by atoms with E-state index in [9.17, 15) is 0 Å². The van der Waals surface area contributed by atoms with Crippen LogP contribution in [0.1, 0.15) is 30.0 Å². The van der Waals surface area contributed by atoms with Crippen molar-refractivity contribution in [3.05, 3.63) is 34.9 Å². The first kappa shape index (κ1) is 9.72. The fourth-order valence-electron chi connectivity index (χ4n) is 2.34. The van der Waals surface area contributed by atoms with Gasteiger partial charge in [-0.15, -0.1) is 0 Å². The Morgan fingerprint density at radius 3 is 2.43 bits per heavy atom. The lowest BCUT2D eigenvalue weighted by molar-refractivity contribution is 0.641. The van der Waals surface area contributed by atoms with E-state index in [2.05, 4.69) is 39.0 Å². The molecular formula is C13H19N. The van der Waals surface area contributed by atoms with Gasteiger partial charge in [0, 0.05) is 12.0 Å². The molecule has 0 saturated heterocycles. The molecule has 0 aromatic heterocycles. The Bertz CT molecular complexity index is 352. The predicted molar refractivity (Wildman–Crippen MR) is 60.4 cm³/mol. The van der Waals surface area contributed by atoms with Crippen LogP contribution in [0.25, 0.3) is 0 Å². The minimum atomic E-state index is 0.304. The average molecular weight is 189 g/mol. The van der Waals surface area contributed by atoms with Gasteiger partial charge in [0.05, 0.1) is 0 Å². The highest BCUT2D eigenvalue weighted by Gasteiger charge is 2.50. The van der Waals surface area contributed by atoms with Crippen LogP contribution in [0.3, 0.4) is 0 Å². The number of benzene rings is 1. The van der Waals surface area contributed by atoms with E-state index in [0.717, 1.165) is 12.5 Å². The van der Waals surface area contributed by atoms with Crippen molar-refractivity contribution < 1.29 is 0 Å². The second-order valence-corrected chi connectivity index (χ2v) is 4.76. The first-order valence-corrected chi connectivity index (χ1v) is 5.38. The molecule has 0 heterocycles. The lowest BCUT2D eigenvalue weighted by Gasteiger charge is -2.16. The first-order valence-electron chi connectivity index (χ1n) is 5.38. The minimum Gasteiger partial charge on any atom is -0.330 e. The summed E-state index contributed by atoms with van der Waals surface area (Å²) in [5, 5.41) is 0. The quantitative estimate of drug-likeness (QED) is 0.760. The second-order valence-electron chi connectivity index (χ2n) is 4.76. The standard InChI is InChI=1S/C13H19N/c1-9-4-5-12(6-10(9)2)13(8-14)7-11(13)3/h4-6,11H,7-8,14H2,1-3H3. The molecule has 0 radical (unpaired) electrons. The predicted octanol–water partition coefficient (Wildman–Crippen LogP) is 2.54. The zero-order valence-electron chi connectivity index (χ0n) is 9.30. The van der Waals surface area contributed by atoms with Gasteiger partial charge in [-0.05, 0) is 42.9 Å². The third-order valence-corrected chi connectivity index (χ3v) is 3.90. The summed E-state index contributed by atoms with van der Waals surface area (Å²) in [6.45, 7) is 7.42. The molecule has 1 aliphatic rings. The van der Waals surface area contributed by atoms with Gasteiger partial charge in [-0.3, -0.25) is 0 Å². The Morgan fingerprint density at radius 2 is 2.00 bits per heavy atom. The minimum absolute atomic E-state index is 0.304. The van der Waals surface area contributed by atoms with Crippen LogP contribution in [0, 0.1) is 19.8 Å². The zero-order chi connectivity index (χ0) is 10.3. The van der Waals surface area contributed by atoms with Gasteiger partial charge in [0.2, 0.25) is 0 Å². The van der Waals surface area contributed by atoms with Crippen molar-refractivity contribution in [3.8, 4) is 0 Å². The largest absolute Gasteiger partial charge is 0.330 e. The third-order valence-electron chi connectivity index (χ3n) is 3.90. The molecule has 1 fully saturated rings. The highest BCUT2D eigenvalue weighted by Crippen LogP contribution is 2.53. The topological polar surface area (TPSA) is 26.0 Å². The molecule has 0 bridgehead atoms. The molecule has 1 aliphatic carbocycles. The molecule has 14 heavy (non-hydrogen) atoms. The average Bonchev–Trinajstić information content (AvgIpc) is 2.83. The van der Waals surface area contributed by atoms with Crippen molar-refractivity contribution >= 4 is 0 Å². The maximum atomic E-state index is 5.88. The maximum Gasteiger partial charge on any atom is 0.0104 e. The summed E-state index contributed by atoms with van der Waals surface area (Å²) in [6, 6.07) is 6.78. The summed E-state index contributed by atoms with van der Waals surface area (Å²) in [7, 11) is 0. The third kappa shape index (κ3) is 1.27. The Morgan fingerprint density at radius 1 is 1.36 bits per heavy atom. The van der Waals surface area contributed by atoms with E-state index >= 15 is 0 Å². The van der Waals surface area contributed by atoms with E-state index in [1.807, 2.05) is 0 Å². The molecule has 0 aliphatic heterocycles. The van der Waals surface area contributed by atoms with Crippen LogP contribution in [0.15, 0.2) is 18.2 Å². The highest BCUT2D eigenvalue weighted by molar-refractivity contribution is 5.39. The molecule has 2 N–H and O–H groups in total. The molecule has 1 heteroatoms. The highest BCUT2D eigenvalue weighted by atomic mass is 14.7. The van der Waals surface area contributed by atoms with Crippen LogP contribution in [0.5, 0.6) is 0 Å². The van der Waals surface area contributed by atoms with Gasteiger partial charge in [0.1, 0.15) is 0 Å². The Labute approximate surface area is 86.3 Å². The van der Waals surface area contributed by atoms with Crippen molar-refractivity contribution in [2.75, 3.05) is 6.54 Å². The lowest BCUT2D eigenvalue weighted by atomic mass is 9.91. The van der Waals surface area contributed by atoms with Crippen LogP contribution in [0.4, 0.5) is 0 Å². The van der Waals surface area contributed by atoms with E-state index in [4.69, 9.17) is 5.73 Å². The van der Waals surface area contributed by atoms with E-state index in [-0.39, 0.29) is 0 Å². The van der Waals surface area contributed by atoms with E-state index < -0.39 is 0 Å². The molecule has 2 rings (SSSR count). The van der Waals surface area contributed by atoms with Gasteiger partial charge in [0.15, 0.2) is 0 Å². The summed E-state index contributed by atoms with van der Waals surface area (Å²) >= 11 is 0. The number of aryl methyl sites for hydroxylation is 2. The normalized spacial score (nSPS) is 30.4. The Hall–Kier alpha value is -0.820. The van der Waals surface area contributed by atoms with Crippen LogP contribution in [0.2, 0.25) is 0 Å². The molecule has 0 spiro atoms. The summed E-state index contributed by atoms with van der Waals surface area (Å²) in [5.74, 6) is 0.759. The number of nitrogens with two attached hydrogens (primary N) is 1. The van der Waals surface area contributed by atoms with Gasteiger partial charge in [-0.2, -0.15) is 0 Å². The summed E-state index contributed by atoms with van der Waals surface area (Å²) in [5.41, 5.74) is 10.4. The second kappa shape index (κ2) is 3.09. The Balaban J connectivity index is 2.38. The lowest BCUT2D eigenvalue weighted by Crippen LogP contribution is -2.22. The summed E-state index contributed by atoms with van der Waals surface area (Å²) < 4.78 is 0. The molecule has 1 aromatic rings. The molecule has 0 amide bonds. The monoisotopic (exact) mass is 189 g/mol. The molecule has 2 atom stereocenters. The summed E-state index contributed by atoms with van der Waals surface area (Å²) in [6.07, 6.45) is 1.26. The van der Waals surface area contributed by atoms with Crippen LogP contribution in [-0.4, -0.2) is 6.54 Å². The molecule has 1 aromatic carbocycles.